The molecule has 2 aromatic rings. The van der Waals surface area contributed by atoms with Gasteiger partial charge in [0.15, 0.2) is 0 Å². The average molecular weight is 273 g/mol. The third-order valence-electron chi connectivity index (χ3n) is 2.20. The summed E-state index contributed by atoms with van der Waals surface area (Å²) < 4.78 is 24.1. The van der Waals surface area contributed by atoms with Crippen LogP contribution >= 0.6 is 11.6 Å². The molecule has 0 atom stereocenters. The summed E-state index contributed by atoms with van der Waals surface area (Å²) in [5.74, 6) is -0.880. The van der Waals surface area contributed by atoms with Gasteiger partial charge in [-0.05, 0) is 18.5 Å². The molecule has 2 rings (SSSR count). The van der Waals surface area contributed by atoms with Crippen LogP contribution in [0.2, 0.25) is 5.28 Å². The molecule has 8 heteroatoms. The smallest absolute Gasteiger partial charge is 0.255 e. The maximum absolute atomic E-state index is 14.0. The van der Waals surface area contributed by atoms with Crippen LogP contribution in [-0.4, -0.2) is 28.7 Å². The summed E-state index contributed by atoms with van der Waals surface area (Å²) in [4.78, 5) is 11.4. The molecule has 18 heavy (non-hydrogen) atoms. The number of nitrogens with zero attached hydrogens (tertiary/aromatic N) is 3. The molecule has 0 spiro atoms. The zero-order valence-corrected chi connectivity index (χ0v) is 10.5. The molecule has 0 aliphatic heterocycles. The van der Waals surface area contributed by atoms with Crippen molar-refractivity contribution < 1.29 is 13.9 Å². The maximum atomic E-state index is 14.0. The van der Waals surface area contributed by atoms with Crippen LogP contribution in [0.4, 0.5) is 10.2 Å². The second-order valence-electron chi connectivity index (χ2n) is 3.27. The van der Waals surface area contributed by atoms with E-state index in [9.17, 15) is 4.39 Å². The topological polar surface area (TPSA) is 83.2 Å². The number of hydrogen-bond acceptors (Lipinski definition) is 6. The standard InChI is InChI=1S/C10H10ClFN4O2/c1-3-18-8-4-6(5(12)9(16-8)17-2)14-10(11)15-7(4)13/h3H2,1-2H3,(H2,13,14,15). The lowest BCUT2D eigenvalue weighted by Gasteiger charge is -2.11. The van der Waals surface area contributed by atoms with E-state index in [1.807, 2.05) is 0 Å². The molecule has 0 unspecified atom stereocenters. The number of methoxy groups -OCH3 is 1. The zero-order chi connectivity index (χ0) is 13.3. The Bertz CT molecular complexity index is 608. The first-order valence-electron chi connectivity index (χ1n) is 5.07. The number of halogens is 2. The number of nitrogen functional groups attached to an aromatic ring is 1. The largest absolute Gasteiger partial charge is 0.479 e. The second-order valence-corrected chi connectivity index (χ2v) is 3.61. The summed E-state index contributed by atoms with van der Waals surface area (Å²) in [6, 6.07) is 0. The van der Waals surface area contributed by atoms with Crippen molar-refractivity contribution in [3.05, 3.63) is 11.1 Å². The Morgan fingerprint density at radius 2 is 2.00 bits per heavy atom. The van der Waals surface area contributed by atoms with Gasteiger partial charge in [0.05, 0.1) is 13.7 Å². The van der Waals surface area contributed by atoms with Gasteiger partial charge in [-0.3, -0.25) is 0 Å². The number of anilines is 1. The third kappa shape index (κ3) is 1.97. The van der Waals surface area contributed by atoms with E-state index in [4.69, 9.17) is 26.8 Å². The highest BCUT2D eigenvalue weighted by molar-refractivity contribution is 6.28. The molecular weight excluding hydrogens is 263 g/mol. The van der Waals surface area contributed by atoms with Gasteiger partial charge in [-0.1, -0.05) is 0 Å². The minimum atomic E-state index is -0.757. The van der Waals surface area contributed by atoms with Crippen LogP contribution in [0.3, 0.4) is 0 Å². The molecule has 0 aromatic carbocycles. The molecule has 0 bridgehead atoms. The van der Waals surface area contributed by atoms with Crippen LogP contribution in [-0.2, 0) is 0 Å². The van der Waals surface area contributed by atoms with Crippen molar-refractivity contribution in [1.29, 1.82) is 0 Å². The van der Waals surface area contributed by atoms with Crippen LogP contribution < -0.4 is 15.2 Å². The van der Waals surface area contributed by atoms with Gasteiger partial charge in [-0.2, -0.15) is 9.37 Å². The molecule has 2 aromatic heterocycles. The molecular formula is C10H10ClFN4O2. The molecule has 0 aliphatic carbocycles. The Labute approximate surface area is 107 Å². The highest BCUT2D eigenvalue weighted by Gasteiger charge is 2.20. The van der Waals surface area contributed by atoms with Crippen molar-refractivity contribution in [2.24, 2.45) is 0 Å². The number of hydrogen-bond donors (Lipinski definition) is 1. The zero-order valence-electron chi connectivity index (χ0n) is 9.70. The Morgan fingerprint density at radius 1 is 1.28 bits per heavy atom. The van der Waals surface area contributed by atoms with Crippen molar-refractivity contribution in [3.8, 4) is 11.8 Å². The van der Waals surface area contributed by atoms with Crippen LogP contribution in [0.25, 0.3) is 10.9 Å². The Hall–Kier alpha value is -1.89. The van der Waals surface area contributed by atoms with E-state index in [1.54, 1.807) is 6.92 Å². The SMILES string of the molecule is CCOc1nc(OC)c(F)c2nc(Cl)nc(N)c12. The summed E-state index contributed by atoms with van der Waals surface area (Å²) in [6.07, 6.45) is 0. The molecule has 0 fully saturated rings. The predicted molar refractivity (Wildman–Crippen MR) is 64.4 cm³/mol. The lowest BCUT2D eigenvalue weighted by molar-refractivity contribution is 0.314. The molecule has 0 amide bonds. The van der Waals surface area contributed by atoms with Crippen LogP contribution in [0.15, 0.2) is 0 Å². The van der Waals surface area contributed by atoms with Crippen LogP contribution in [0.1, 0.15) is 6.92 Å². The van der Waals surface area contributed by atoms with E-state index in [1.165, 1.54) is 7.11 Å². The molecule has 96 valence electrons. The van der Waals surface area contributed by atoms with Crippen molar-refractivity contribution in [2.45, 2.75) is 6.92 Å². The normalized spacial score (nSPS) is 10.7. The Balaban J connectivity index is 2.86. The summed E-state index contributed by atoms with van der Waals surface area (Å²) in [6.45, 7) is 2.09. The number of fused-ring (bicyclic) bond motifs is 1. The number of rotatable bonds is 3. The van der Waals surface area contributed by atoms with Crippen molar-refractivity contribution in [2.75, 3.05) is 19.5 Å². The minimum Gasteiger partial charge on any atom is -0.479 e. The Kier molecular flexibility index (Phi) is 3.33. The number of aromatic nitrogens is 3. The first kappa shape index (κ1) is 12.6. The van der Waals surface area contributed by atoms with E-state index in [0.29, 0.717) is 6.61 Å². The summed E-state index contributed by atoms with van der Waals surface area (Å²) in [5, 5.41) is 0.0224. The fourth-order valence-electron chi connectivity index (χ4n) is 1.49. The quantitative estimate of drug-likeness (QED) is 0.858. The van der Waals surface area contributed by atoms with Gasteiger partial charge >= 0.3 is 0 Å². The van der Waals surface area contributed by atoms with Gasteiger partial charge in [-0.25, -0.2) is 9.97 Å². The van der Waals surface area contributed by atoms with Crippen LogP contribution in [0, 0.1) is 5.82 Å². The third-order valence-corrected chi connectivity index (χ3v) is 2.37. The highest BCUT2D eigenvalue weighted by Crippen LogP contribution is 2.33. The minimum absolute atomic E-state index is 0.00232. The van der Waals surface area contributed by atoms with E-state index in [0.717, 1.165) is 0 Å². The molecule has 2 heterocycles. The van der Waals surface area contributed by atoms with Crippen LogP contribution in [0.5, 0.6) is 11.8 Å². The summed E-state index contributed by atoms with van der Waals surface area (Å²) >= 11 is 5.65. The van der Waals surface area contributed by atoms with Crippen molar-refractivity contribution in [1.82, 2.24) is 15.0 Å². The first-order chi connectivity index (χ1) is 8.58. The maximum Gasteiger partial charge on any atom is 0.255 e. The fourth-order valence-corrected chi connectivity index (χ4v) is 1.67. The summed E-state index contributed by atoms with van der Waals surface area (Å²) in [7, 11) is 1.29. The molecule has 0 aliphatic rings. The molecule has 6 nitrogen and oxygen atoms in total. The Morgan fingerprint density at radius 3 is 2.61 bits per heavy atom. The van der Waals surface area contributed by atoms with Gasteiger partial charge in [0.1, 0.15) is 16.7 Å². The van der Waals surface area contributed by atoms with Crippen molar-refractivity contribution >= 4 is 28.3 Å². The van der Waals surface area contributed by atoms with E-state index in [-0.39, 0.29) is 33.8 Å². The number of ether oxygens (including phenoxy) is 2. The average Bonchev–Trinajstić information content (AvgIpc) is 2.32. The highest BCUT2D eigenvalue weighted by atomic mass is 35.5. The summed E-state index contributed by atoms with van der Waals surface area (Å²) in [5.41, 5.74) is 5.60. The second kappa shape index (κ2) is 4.77. The monoisotopic (exact) mass is 272 g/mol. The molecule has 0 saturated heterocycles. The van der Waals surface area contributed by atoms with Gasteiger partial charge in [0.25, 0.3) is 5.88 Å². The van der Waals surface area contributed by atoms with E-state index in [2.05, 4.69) is 15.0 Å². The van der Waals surface area contributed by atoms with Gasteiger partial charge in [0, 0.05) is 0 Å². The van der Waals surface area contributed by atoms with Gasteiger partial charge in [-0.15, -0.1) is 0 Å². The van der Waals surface area contributed by atoms with Gasteiger partial charge in [0.2, 0.25) is 17.0 Å². The fraction of sp³-hybridized carbons (Fsp3) is 0.300. The number of pyridine rings is 1. The lowest BCUT2D eigenvalue weighted by atomic mass is 10.2. The van der Waals surface area contributed by atoms with E-state index < -0.39 is 5.82 Å². The molecule has 0 saturated carbocycles. The molecule has 2 N–H and O–H groups in total. The number of nitrogens with two attached hydrogens (primary N) is 1. The van der Waals surface area contributed by atoms with Gasteiger partial charge < -0.3 is 15.2 Å². The lowest BCUT2D eigenvalue weighted by Crippen LogP contribution is -2.05. The predicted octanol–water partition coefficient (Wildman–Crippen LogP) is 1.81. The first-order valence-corrected chi connectivity index (χ1v) is 5.45. The van der Waals surface area contributed by atoms with E-state index >= 15 is 0 Å². The molecule has 0 radical (unpaired) electrons. The van der Waals surface area contributed by atoms with Crippen molar-refractivity contribution in [3.63, 3.8) is 0 Å².